The largest absolute Gasteiger partial charge is 0.392 e. The zero-order valence-electron chi connectivity index (χ0n) is 11.9. The van der Waals surface area contributed by atoms with Crippen LogP contribution in [0.3, 0.4) is 0 Å². The molecule has 1 heterocycles. The molecule has 2 aliphatic rings. The zero-order valence-corrected chi connectivity index (χ0v) is 11.9. The SMILES string of the molecule is CC1(C)C(O)CC1NCc1cccc2c1NCCC2. The molecule has 1 aromatic rings. The van der Waals surface area contributed by atoms with Crippen LogP contribution < -0.4 is 10.6 Å². The van der Waals surface area contributed by atoms with Gasteiger partial charge in [-0.15, -0.1) is 0 Å². The van der Waals surface area contributed by atoms with Crippen LogP contribution >= 0.6 is 0 Å². The molecule has 1 aliphatic carbocycles. The third-order valence-electron chi connectivity index (χ3n) is 4.92. The van der Waals surface area contributed by atoms with Gasteiger partial charge in [0.1, 0.15) is 0 Å². The predicted octanol–water partition coefficient (Wildman–Crippen LogP) is 2.29. The minimum Gasteiger partial charge on any atom is -0.392 e. The molecule has 0 saturated heterocycles. The molecule has 1 aliphatic heterocycles. The van der Waals surface area contributed by atoms with Crippen molar-refractivity contribution in [3.05, 3.63) is 29.3 Å². The minimum absolute atomic E-state index is 0.00225. The zero-order chi connectivity index (χ0) is 13.5. The number of anilines is 1. The minimum atomic E-state index is -0.159. The number of hydrogen-bond acceptors (Lipinski definition) is 3. The maximum absolute atomic E-state index is 9.78. The lowest BCUT2D eigenvalue weighted by Gasteiger charge is -2.49. The van der Waals surface area contributed by atoms with Gasteiger partial charge >= 0.3 is 0 Å². The number of rotatable bonds is 3. The first-order valence-corrected chi connectivity index (χ1v) is 7.35. The van der Waals surface area contributed by atoms with Gasteiger partial charge in [0.05, 0.1) is 6.10 Å². The number of hydrogen-bond donors (Lipinski definition) is 3. The van der Waals surface area contributed by atoms with Crippen LogP contribution in [0.5, 0.6) is 0 Å². The molecule has 0 aromatic heterocycles. The number of aliphatic hydroxyl groups excluding tert-OH is 1. The number of aryl methyl sites for hydroxylation is 1. The van der Waals surface area contributed by atoms with Crippen LogP contribution in [0.15, 0.2) is 18.2 Å². The Hall–Kier alpha value is -1.06. The van der Waals surface area contributed by atoms with Crippen molar-refractivity contribution in [1.82, 2.24) is 5.32 Å². The topological polar surface area (TPSA) is 44.3 Å². The van der Waals surface area contributed by atoms with Crippen LogP contribution in [0.25, 0.3) is 0 Å². The maximum atomic E-state index is 9.78. The Balaban J connectivity index is 1.68. The molecule has 3 heteroatoms. The second-order valence-electron chi connectivity index (χ2n) is 6.49. The van der Waals surface area contributed by atoms with Crippen LogP contribution in [0.2, 0.25) is 0 Å². The Morgan fingerprint density at radius 3 is 3.00 bits per heavy atom. The van der Waals surface area contributed by atoms with Gasteiger partial charge in [0.15, 0.2) is 0 Å². The molecule has 3 nitrogen and oxygen atoms in total. The third kappa shape index (κ3) is 2.26. The molecule has 104 valence electrons. The summed E-state index contributed by atoms with van der Waals surface area (Å²) < 4.78 is 0. The van der Waals surface area contributed by atoms with Crippen LogP contribution in [-0.4, -0.2) is 23.8 Å². The highest BCUT2D eigenvalue weighted by Gasteiger charge is 2.46. The van der Waals surface area contributed by atoms with Crippen molar-refractivity contribution in [3.8, 4) is 0 Å². The van der Waals surface area contributed by atoms with Crippen LogP contribution in [-0.2, 0) is 13.0 Å². The maximum Gasteiger partial charge on any atom is 0.0621 e. The Labute approximate surface area is 115 Å². The van der Waals surface area contributed by atoms with Gasteiger partial charge in [-0.3, -0.25) is 0 Å². The van der Waals surface area contributed by atoms with Gasteiger partial charge in [-0.25, -0.2) is 0 Å². The first-order valence-electron chi connectivity index (χ1n) is 7.35. The van der Waals surface area contributed by atoms with Crippen LogP contribution in [0.1, 0.15) is 37.8 Å². The highest BCUT2D eigenvalue weighted by molar-refractivity contribution is 5.59. The number of fused-ring (bicyclic) bond motifs is 1. The molecule has 1 saturated carbocycles. The summed E-state index contributed by atoms with van der Waals surface area (Å²) in [5, 5.41) is 16.9. The predicted molar refractivity (Wildman–Crippen MR) is 78.3 cm³/mol. The Morgan fingerprint density at radius 2 is 2.26 bits per heavy atom. The molecule has 0 bridgehead atoms. The average Bonchev–Trinajstić information content (AvgIpc) is 2.43. The summed E-state index contributed by atoms with van der Waals surface area (Å²) in [7, 11) is 0. The molecule has 3 N–H and O–H groups in total. The second-order valence-corrected chi connectivity index (χ2v) is 6.49. The van der Waals surface area contributed by atoms with Gasteiger partial charge in [-0.2, -0.15) is 0 Å². The summed E-state index contributed by atoms with van der Waals surface area (Å²) in [6.07, 6.45) is 3.12. The lowest BCUT2D eigenvalue weighted by atomic mass is 9.64. The summed E-state index contributed by atoms with van der Waals surface area (Å²) in [4.78, 5) is 0. The standard InChI is InChI=1S/C16H24N2O/c1-16(2)13(9-14(16)19)18-10-12-6-3-5-11-7-4-8-17-15(11)12/h3,5-6,13-14,17-19H,4,7-10H2,1-2H3. The Kier molecular flexibility index (Phi) is 3.27. The fourth-order valence-corrected chi connectivity index (χ4v) is 3.21. The van der Waals surface area contributed by atoms with Gasteiger partial charge < -0.3 is 15.7 Å². The molecule has 0 amide bonds. The third-order valence-corrected chi connectivity index (χ3v) is 4.92. The molecule has 19 heavy (non-hydrogen) atoms. The van der Waals surface area contributed by atoms with Crippen LogP contribution in [0, 0.1) is 5.41 Å². The van der Waals surface area contributed by atoms with Crippen molar-refractivity contribution in [3.63, 3.8) is 0 Å². The molecule has 2 atom stereocenters. The first kappa shape index (κ1) is 12.9. The summed E-state index contributed by atoms with van der Waals surface area (Å²) in [6, 6.07) is 7.00. The van der Waals surface area contributed by atoms with Crippen molar-refractivity contribution >= 4 is 5.69 Å². The van der Waals surface area contributed by atoms with E-state index in [1.165, 1.54) is 29.7 Å². The molecular formula is C16H24N2O. The summed E-state index contributed by atoms with van der Waals surface area (Å²) in [5.74, 6) is 0. The van der Waals surface area contributed by atoms with Crippen molar-refractivity contribution in [1.29, 1.82) is 0 Å². The number of nitrogens with one attached hydrogen (secondary N) is 2. The van der Waals surface area contributed by atoms with E-state index in [-0.39, 0.29) is 11.5 Å². The second kappa shape index (κ2) is 4.80. The summed E-state index contributed by atoms with van der Waals surface area (Å²) in [5.41, 5.74) is 4.13. The highest BCUT2D eigenvalue weighted by Crippen LogP contribution is 2.40. The highest BCUT2D eigenvalue weighted by atomic mass is 16.3. The first-order chi connectivity index (χ1) is 9.09. The molecule has 0 radical (unpaired) electrons. The van der Waals surface area contributed by atoms with E-state index in [9.17, 15) is 5.11 Å². The monoisotopic (exact) mass is 260 g/mol. The smallest absolute Gasteiger partial charge is 0.0621 e. The summed E-state index contributed by atoms with van der Waals surface area (Å²) >= 11 is 0. The fourth-order valence-electron chi connectivity index (χ4n) is 3.21. The molecule has 3 rings (SSSR count). The molecule has 1 fully saturated rings. The number of aliphatic hydroxyl groups is 1. The Morgan fingerprint density at radius 1 is 1.42 bits per heavy atom. The van der Waals surface area contributed by atoms with Gasteiger partial charge in [-0.05, 0) is 30.4 Å². The number of para-hydroxylation sites is 1. The van der Waals surface area contributed by atoms with E-state index < -0.39 is 0 Å². The van der Waals surface area contributed by atoms with E-state index in [2.05, 4.69) is 42.7 Å². The van der Waals surface area contributed by atoms with Gasteiger partial charge in [0.25, 0.3) is 0 Å². The number of benzene rings is 1. The van der Waals surface area contributed by atoms with E-state index in [0.29, 0.717) is 6.04 Å². The van der Waals surface area contributed by atoms with Crippen LogP contribution in [0.4, 0.5) is 5.69 Å². The Bertz CT molecular complexity index is 470. The van der Waals surface area contributed by atoms with E-state index in [1.54, 1.807) is 0 Å². The average molecular weight is 260 g/mol. The van der Waals surface area contributed by atoms with E-state index in [1.807, 2.05) is 0 Å². The van der Waals surface area contributed by atoms with Crippen molar-refractivity contribution < 1.29 is 5.11 Å². The molecular weight excluding hydrogens is 236 g/mol. The lowest BCUT2D eigenvalue weighted by molar-refractivity contribution is -0.0729. The van der Waals surface area contributed by atoms with Crippen molar-refractivity contribution in [2.75, 3.05) is 11.9 Å². The fraction of sp³-hybridized carbons (Fsp3) is 0.625. The van der Waals surface area contributed by atoms with E-state index in [4.69, 9.17) is 0 Å². The van der Waals surface area contributed by atoms with Crippen molar-refractivity contribution in [2.45, 2.75) is 51.8 Å². The van der Waals surface area contributed by atoms with Gasteiger partial charge in [0.2, 0.25) is 0 Å². The van der Waals surface area contributed by atoms with E-state index in [0.717, 1.165) is 19.5 Å². The molecule has 0 spiro atoms. The van der Waals surface area contributed by atoms with Gasteiger partial charge in [-0.1, -0.05) is 32.0 Å². The molecule has 2 unspecified atom stereocenters. The quantitative estimate of drug-likeness (QED) is 0.781. The normalized spacial score (nSPS) is 28.2. The molecule has 1 aromatic carbocycles. The van der Waals surface area contributed by atoms with Crippen molar-refractivity contribution in [2.24, 2.45) is 5.41 Å². The van der Waals surface area contributed by atoms with Gasteiger partial charge in [0, 0.05) is 30.2 Å². The summed E-state index contributed by atoms with van der Waals surface area (Å²) in [6.45, 7) is 6.24. The van der Waals surface area contributed by atoms with E-state index >= 15 is 0 Å². The lowest BCUT2D eigenvalue weighted by Crippen LogP contribution is -2.59.